The van der Waals surface area contributed by atoms with Crippen molar-refractivity contribution in [2.45, 2.75) is 32.2 Å². The van der Waals surface area contributed by atoms with Crippen LogP contribution in [0.4, 0.5) is 17.5 Å². The highest BCUT2D eigenvalue weighted by molar-refractivity contribution is 5.93. The molecule has 3 aromatic heterocycles. The minimum absolute atomic E-state index is 0.0225. The number of pyridine rings is 1. The first kappa shape index (κ1) is 17.0. The highest BCUT2D eigenvalue weighted by Gasteiger charge is 2.26. The zero-order chi connectivity index (χ0) is 18.9. The number of nitrogens with one attached hydrogen (secondary N) is 2. The fourth-order valence-corrected chi connectivity index (χ4v) is 4.03. The molecule has 2 aliphatic rings. The second-order valence-corrected chi connectivity index (χ2v) is 7.44. The van der Waals surface area contributed by atoms with Crippen LogP contribution in [-0.4, -0.2) is 45.3 Å². The number of hydrogen-bond acceptors (Lipinski definition) is 7. The van der Waals surface area contributed by atoms with E-state index in [0.717, 1.165) is 56.9 Å². The highest BCUT2D eigenvalue weighted by atomic mass is 16.4. The molecule has 5 rings (SSSR count). The molecule has 2 N–H and O–H groups in total. The van der Waals surface area contributed by atoms with Gasteiger partial charge in [-0.25, -0.2) is 9.67 Å². The van der Waals surface area contributed by atoms with Gasteiger partial charge in [-0.05, 0) is 37.3 Å². The average molecular weight is 381 g/mol. The summed E-state index contributed by atoms with van der Waals surface area (Å²) in [5.41, 5.74) is 2.08. The molecule has 1 unspecified atom stereocenters. The molecule has 146 valence electrons. The van der Waals surface area contributed by atoms with Gasteiger partial charge in [0.25, 0.3) is 6.01 Å². The lowest BCUT2D eigenvalue weighted by atomic mass is 9.94. The molecule has 2 aliphatic heterocycles. The first-order valence-corrected chi connectivity index (χ1v) is 9.82. The maximum atomic E-state index is 12.6. The Morgan fingerprint density at radius 1 is 1.36 bits per heavy atom. The molecule has 9 heteroatoms. The summed E-state index contributed by atoms with van der Waals surface area (Å²) in [6.07, 6.45) is 6.98. The predicted molar refractivity (Wildman–Crippen MR) is 105 cm³/mol. The zero-order valence-corrected chi connectivity index (χ0v) is 15.6. The number of fused-ring (bicyclic) bond motifs is 2. The second-order valence-electron chi connectivity index (χ2n) is 7.44. The van der Waals surface area contributed by atoms with Crippen molar-refractivity contribution in [1.29, 1.82) is 0 Å². The number of anilines is 3. The number of carbonyl (C=O) groups excluding carboxylic acids is 1. The fourth-order valence-electron chi connectivity index (χ4n) is 4.03. The van der Waals surface area contributed by atoms with Gasteiger partial charge in [0, 0.05) is 38.8 Å². The molecule has 28 heavy (non-hydrogen) atoms. The maximum Gasteiger partial charge on any atom is 0.299 e. The number of amides is 1. The molecule has 1 atom stereocenters. The number of aromatic nitrogens is 4. The third-order valence-electron chi connectivity index (χ3n) is 5.37. The maximum absolute atomic E-state index is 12.6. The van der Waals surface area contributed by atoms with E-state index >= 15 is 0 Å². The van der Waals surface area contributed by atoms with Crippen LogP contribution in [0.5, 0.6) is 0 Å². The van der Waals surface area contributed by atoms with Crippen LogP contribution in [0, 0.1) is 5.92 Å². The number of oxazole rings is 1. The fraction of sp³-hybridized carbons (Fsp3) is 0.474. The van der Waals surface area contributed by atoms with Crippen LogP contribution in [0.1, 0.15) is 25.7 Å². The van der Waals surface area contributed by atoms with E-state index in [1.54, 1.807) is 12.4 Å². The standard InChI is InChI=1S/C19H23N7O2/c27-16(23-14-11-22-26-9-3-7-21-18(14)26)10-13-4-2-8-25(12-13)19-24-17-15(28-19)5-1-6-20-17/h1,5-6,11,13,21H,2-4,7-10,12H2,(H,23,27). The van der Waals surface area contributed by atoms with E-state index in [2.05, 4.69) is 30.6 Å². The predicted octanol–water partition coefficient (Wildman–Crippen LogP) is 2.48. The molecule has 5 heterocycles. The first-order chi connectivity index (χ1) is 13.8. The molecular formula is C19H23N7O2. The van der Waals surface area contributed by atoms with Gasteiger partial charge in [0.1, 0.15) is 11.5 Å². The molecule has 0 bridgehead atoms. The van der Waals surface area contributed by atoms with E-state index < -0.39 is 0 Å². The van der Waals surface area contributed by atoms with Gasteiger partial charge in [-0.15, -0.1) is 0 Å². The van der Waals surface area contributed by atoms with Gasteiger partial charge in [0.15, 0.2) is 5.58 Å². The lowest BCUT2D eigenvalue weighted by molar-refractivity contribution is -0.117. The average Bonchev–Trinajstić information content (AvgIpc) is 3.33. The number of rotatable bonds is 4. The molecule has 1 amide bonds. The van der Waals surface area contributed by atoms with Crippen molar-refractivity contribution in [2.24, 2.45) is 5.92 Å². The molecule has 0 radical (unpaired) electrons. The van der Waals surface area contributed by atoms with E-state index in [-0.39, 0.29) is 11.8 Å². The third kappa shape index (κ3) is 3.28. The van der Waals surface area contributed by atoms with Gasteiger partial charge in [0.05, 0.1) is 6.20 Å². The third-order valence-corrected chi connectivity index (χ3v) is 5.37. The topological polar surface area (TPSA) is 101 Å². The van der Waals surface area contributed by atoms with Crippen LogP contribution in [-0.2, 0) is 11.3 Å². The Hall–Kier alpha value is -3.10. The van der Waals surface area contributed by atoms with Gasteiger partial charge in [-0.3, -0.25) is 4.79 Å². The van der Waals surface area contributed by atoms with Crippen LogP contribution in [0.15, 0.2) is 28.9 Å². The quantitative estimate of drug-likeness (QED) is 0.716. The molecule has 3 aromatic rings. The second kappa shape index (κ2) is 7.14. The highest BCUT2D eigenvalue weighted by Crippen LogP contribution is 2.28. The summed E-state index contributed by atoms with van der Waals surface area (Å²) in [6.45, 7) is 3.43. The van der Waals surface area contributed by atoms with Gasteiger partial charge in [-0.1, -0.05) is 0 Å². The largest absolute Gasteiger partial charge is 0.422 e. The summed E-state index contributed by atoms with van der Waals surface area (Å²) < 4.78 is 7.75. The summed E-state index contributed by atoms with van der Waals surface area (Å²) in [4.78, 5) is 23.4. The lowest BCUT2D eigenvalue weighted by Gasteiger charge is -2.31. The number of carbonyl (C=O) groups is 1. The molecule has 0 spiro atoms. The first-order valence-electron chi connectivity index (χ1n) is 9.82. The van der Waals surface area contributed by atoms with Crippen LogP contribution in [0.25, 0.3) is 11.2 Å². The van der Waals surface area contributed by atoms with Gasteiger partial charge in [0.2, 0.25) is 11.6 Å². The van der Waals surface area contributed by atoms with Crippen molar-refractivity contribution in [1.82, 2.24) is 19.7 Å². The SMILES string of the molecule is O=C(CC1CCCN(c2nc3ncccc3o2)C1)Nc1cnn2c1NCCC2. The molecule has 1 saturated heterocycles. The van der Waals surface area contributed by atoms with Gasteiger partial charge < -0.3 is 20.0 Å². The molecule has 9 nitrogen and oxygen atoms in total. The van der Waals surface area contributed by atoms with Crippen LogP contribution in [0.3, 0.4) is 0 Å². The zero-order valence-electron chi connectivity index (χ0n) is 15.6. The van der Waals surface area contributed by atoms with Crippen molar-refractivity contribution in [3.8, 4) is 0 Å². The lowest BCUT2D eigenvalue weighted by Crippen LogP contribution is -2.37. The Morgan fingerprint density at radius 3 is 3.25 bits per heavy atom. The number of aryl methyl sites for hydroxylation is 1. The number of piperidine rings is 1. The van der Waals surface area contributed by atoms with Crippen LogP contribution >= 0.6 is 0 Å². The van der Waals surface area contributed by atoms with Crippen molar-refractivity contribution in [3.05, 3.63) is 24.5 Å². The number of hydrogen-bond donors (Lipinski definition) is 2. The molecule has 0 aromatic carbocycles. The van der Waals surface area contributed by atoms with E-state index in [1.165, 1.54) is 0 Å². The Morgan fingerprint density at radius 2 is 2.32 bits per heavy atom. The van der Waals surface area contributed by atoms with Gasteiger partial charge >= 0.3 is 0 Å². The monoisotopic (exact) mass is 381 g/mol. The summed E-state index contributed by atoms with van der Waals surface area (Å²) in [7, 11) is 0. The summed E-state index contributed by atoms with van der Waals surface area (Å²) in [5, 5.41) is 10.7. The Labute approximate surface area is 162 Å². The number of nitrogens with zero attached hydrogens (tertiary/aromatic N) is 5. The van der Waals surface area contributed by atoms with Gasteiger partial charge in [-0.2, -0.15) is 10.1 Å². The summed E-state index contributed by atoms with van der Waals surface area (Å²) in [5.74, 6) is 1.19. The summed E-state index contributed by atoms with van der Waals surface area (Å²) >= 11 is 0. The minimum atomic E-state index is 0.0225. The summed E-state index contributed by atoms with van der Waals surface area (Å²) in [6, 6.07) is 4.30. The van der Waals surface area contributed by atoms with Crippen molar-refractivity contribution in [2.75, 3.05) is 35.2 Å². The Balaban J connectivity index is 1.23. The normalized spacial score (nSPS) is 19.3. The van der Waals surface area contributed by atoms with E-state index in [4.69, 9.17) is 4.42 Å². The molecule has 0 saturated carbocycles. The molecular weight excluding hydrogens is 358 g/mol. The van der Waals surface area contributed by atoms with Crippen LogP contribution < -0.4 is 15.5 Å². The van der Waals surface area contributed by atoms with Crippen molar-refractivity contribution >= 4 is 34.7 Å². The van der Waals surface area contributed by atoms with E-state index in [9.17, 15) is 4.79 Å². The van der Waals surface area contributed by atoms with Crippen molar-refractivity contribution in [3.63, 3.8) is 0 Å². The van der Waals surface area contributed by atoms with Crippen molar-refractivity contribution < 1.29 is 9.21 Å². The molecule has 0 aliphatic carbocycles. The Bertz CT molecular complexity index is 962. The Kier molecular flexibility index (Phi) is 4.34. The van der Waals surface area contributed by atoms with E-state index in [0.29, 0.717) is 23.7 Å². The van der Waals surface area contributed by atoms with Crippen LogP contribution in [0.2, 0.25) is 0 Å². The molecule has 1 fully saturated rings. The van der Waals surface area contributed by atoms with E-state index in [1.807, 2.05) is 16.8 Å². The smallest absolute Gasteiger partial charge is 0.299 e. The minimum Gasteiger partial charge on any atom is -0.422 e.